The average molecular weight is 538 g/mol. The fraction of sp³-hybridized carbons (Fsp3) is 0.219. The SMILES string of the molecule is CCN(CC)c1ccc(N2C(=O)C(O)=C(C(=O)c3sc(-c4ccccc4)nc3C)C2c2cccc(C)c2)cc1. The number of anilines is 2. The van der Waals surface area contributed by atoms with Crippen molar-refractivity contribution in [2.75, 3.05) is 22.9 Å². The molecule has 5 rings (SSSR count). The molecule has 7 heteroatoms. The van der Waals surface area contributed by atoms with Gasteiger partial charge in [0.2, 0.25) is 5.78 Å². The predicted octanol–water partition coefficient (Wildman–Crippen LogP) is 7.06. The van der Waals surface area contributed by atoms with Gasteiger partial charge >= 0.3 is 0 Å². The van der Waals surface area contributed by atoms with Crippen molar-refractivity contribution in [2.45, 2.75) is 33.7 Å². The maximum absolute atomic E-state index is 14.1. The Hall–Kier alpha value is -4.23. The molecule has 1 unspecified atom stereocenters. The number of nitrogens with zero attached hydrogens (tertiary/aromatic N) is 3. The molecular weight excluding hydrogens is 506 g/mol. The third kappa shape index (κ3) is 4.86. The Morgan fingerprint density at radius 3 is 2.31 bits per heavy atom. The van der Waals surface area contributed by atoms with Gasteiger partial charge in [0.05, 0.1) is 22.2 Å². The van der Waals surface area contributed by atoms with Gasteiger partial charge in [-0.3, -0.25) is 14.5 Å². The summed E-state index contributed by atoms with van der Waals surface area (Å²) in [6.07, 6.45) is 0. The van der Waals surface area contributed by atoms with E-state index in [4.69, 9.17) is 0 Å². The van der Waals surface area contributed by atoms with Gasteiger partial charge in [-0.25, -0.2) is 4.98 Å². The standard InChI is InChI=1S/C32H31N3O3S/c1-5-34(6-2)24-15-17-25(18-16-24)35-27(23-14-10-11-20(3)19-23)26(29(37)32(35)38)28(36)30-21(4)33-31(39-30)22-12-8-7-9-13-22/h7-19,27,37H,5-6H2,1-4H3. The highest BCUT2D eigenvalue weighted by Gasteiger charge is 2.45. The minimum atomic E-state index is -0.772. The van der Waals surface area contributed by atoms with Crippen LogP contribution in [0.25, 0.3) is 10.6 Å². The molecule has 0 spiro atoms. The van der Waals surface area contributed by atoms with Gasteiger partial charge in [-0.2, -0.15) is 0 Å². The van der Waals surface area contributed by atoms with Gasteiger partial charge in [0.1, 0.15) is 5.01 Å². The number of aliphatic hydroxyl groups excluding tert-OH is 1. The van der Waals surface area contributed by atoms with E-state index in [0.29, 0.717) is 16.3 Å². The lowest BCUT2D eigenvalue weighted by molar-refractivity contribution is -0.117. The Bertz CT molecular complexity index is 1550. The van der Waals surface area contributed by atoms with Crippen molar-refractivity contribution in [2.24, 2.45) is 0 Å². The van der Waals surface area contributed by atoms with E-state index in [1.165, 1.54) is 16.2 Å². The number of aliphatic hydroxyl groups is 1. The quantitative estimate of drug-likeness (QED) is 0.244. The number of aryl methyl sites for hydroxylation is 2. The molecule has 1 atom stereocenters. The number of hydrogen-bond acceptors (Lipinski definition) is 6. The summed E-state index contributed by atoms with van der Waals surface area (Å²) in [6, 6.07) is 24.3. The van der Waals surface area contributed by atoms with Gasteiger partial charge in [0, 0.05) is 30.0 Å². The van der Waals surface area contributed by atoms with Gasteiger partial charge in [0.15, 0.2) is 5.76 Å². The highest BCUT2D eigenvalue weighted by atomic mass is 32.1. The molecule has 0 fully saturated rings. The zero-order chi connectivity index (χ0) is 27.7. The Morgan fingerprint density at radius 2 is 1.67 bits per heavy atom. The normalized spacial score (nSPS) is 15.2. The second kappa shape index (κ2) is 10.9. The molecule has 0 saturated heterocycles. The molecule has 1 N–H and O–H groups in total. The molecule has 4 aromatic rings. The Balaban J connectivity index is 1.59. The van der Waals surface area contributed by atoms with E-state index >= 15 is 0 Å². The average Bonchev–Trinajstić information content (AvgIpc) is 3.47. The van der Waals surface area contributed by atoms with Crippen LogP contribution in [0.5, 0.6) is 0 Å². The van der Waals surface area contributed by atoms with Crippen LogP contribution in [0, 0.1) is 13.8 Å². The lowest BCUT2D eigenvalue weighted by atomic mass is 9.94. The molecule has 0 saturated carbocycles. The van der Waals surface area contributed by atoms with Crippen molar-refractivity contribution in [3.8, 4) is 10.6 Å². The molecule has 2 heterocycles. The second-order valence-corrected chi connectivity index (χ2v) is 10.6. The first-order valence-corrected chi connectivity index (χ1v) is 13.9. The van der Waals surface area contributed by atoms with Gasteiger partial charge in [-0.05, 0) is 57.5 Å². The number of hydrogen-bond donors (Lipinski definition) is 1. The second-order valence-electron chi connectivity index (χ2n) is 9.57. The zero-order valence-corrected chi connectivity index (χ0v) is 23.3. The largest absolute Gasteiger partial charge is 0.503 e. The molecule has 1 aliphatic heterocycles. The van der Waals surface area contributed by atoms with Crippen LogP contribution in [0.3, 0.4) is 0 Å². The molecule has 39 heavy (non-hydrogen) atoms. The van der Waals surface area contributed by atoms with E-state index in [1.54, 1.807) is 6.92 Å². The van der Waals surface area contributed by atoms with Gasteiger partial charge in [-0.1, -0.05) is 60.2 Å². The van der Waals surface area contributed by atoms with E-state index in [-0.39, 0.29) is 11.4 Å². The van der Waals surface area contributed by atoms with Crippen LogP contribution in [0.15, 0.2) is 90.2 Å². The van der Waals surface area contributed by atoms with Gasteiger partial charge in [0.25, 0.3) is 5.91 Å². The number of amides is 1. The van der Waals surface area contributed by atoms with Crippen LogP contribution >= 0.6 is 11.3 Å². The monoisotopic (exact) mass is 537 g/mol. The van der Waals surface area contributed by atoms with E-state index in [1.807, 2.05) is 85.8 Å². The molecule has 1 aromatic heterocycles. The summed E-state index contributed by atoms with van der Waals surface area (Å²) in [7, 11) is 0. The Labute approximate surface area is 232 Å². The minimum absolute atomic E-state index is 0.0739. The fourth-order valence-corrected chi connectivity index (χ4v) is 6.13. The lowest BCUT2D eigenvalue weighted by Crippen LogP contribution is -2.31. The summed E-state index contributed by atoms with van der Waals surface area (Å²) in [6.45, 7) is 9.68. The Kier molecular flexibility index (Phi) is 7.35. The van der Waals surface area contributed by atoms with Crippen LogP contribution in [-0.4, -0.2) is 34.9 Å². The number of Topliss-reactive ketones (excluding diaryl/α,β-unsaturated/α-hetero) is 1. The van der Waals surface area contributed by atoms with Crippen LogP contribution < -0.4 is 9.80 Å². The van der Waals surface area contributed by atoms with Gasteiger partial charge in [-0.15, -0.1) is 11.3 Å². The number of aromatic nitrogens is 1. The molecular formula is C32H31N3O3S. The van der Waals surface area contributed by atoms with Crippen molar-refractivity contribution >= 4 is 34.4 Å². The maximum atomic E-state index is 14.1. The molecule has 0 bridgehead atoms. The Morgan fingerprint density at radius 1 is 0.974 bits per heavy atom. The van der Waals surface area contributed by atoms with E-state index < -0.39 is 17.7 Å². The highest BCUT2D eigenvalue weighted by molar-refractivity contribution is 7.17. The van der Waals surface area contributed by atoms with Gasteiger partial charge < -0.3 is 10.0 Å². The summed E-state index contributed by atoms with van der Waals surface area (Å²) in [5.74, 6) is -1.49. The number of thiazole rings is 1. The number of carbonyl (C=O) groups is 2. The summed E-state index contributed by atoms with van der Waals surface area (Å²) in [4.78, 5) is 36.5. The lowest BCUT2D eigenvalue weighted by Gasteiger charge is -2.28. The van der Waals surface area contributed by atoms with Crippen molar-refractivity contribution in [3.05, 3.63) is 112 Å². The van der Waals surface area contributed by atoms with Crippen LogP contribution in [0.2, 0.25) is 0 Å². The van der Waals surface area contributed by atoms with Crippen molar-refractivity contribution in [1.29, 1.82) is 0 Å². The van der Waals surface area contributed by atoms with Crippen molar-refractivity contribution < 1.29 is 14.7 Å². The first kappa shape index (κ1) is 26.4. The summed E-state index contributed by atoms with van der Waals surface area (Å²) in [5.41, 5.74) is 4.97. The molecule has 0 aliphatic carbocycles. The molecule has 198 valence electrons. The number of benzene rings is 3. The third-order valence-corrected chi connectivity index (χ3v) is 8.30. The summed E-state index contributed by atoms with van der Waals surface area (Å²) in [5, 5.41) is 11.9. The van der Waals surface area contributed by atoms with E-state index in [9.17, 15) is 14.7 Å². The summed E-state index contributed by atoms with van der Waals surface area (Å²) >= 11 is 1.28. The van der Waals surface area contributed by atoms with Crippen LogP contribution in [0.1, 0.15) is 46.4 Å². The van der Waals surface area contributed by atoms with E-state index in [2.05, 4.69) is 23.7 Å². The third-order valence-electron chi connectivity index (χ3n) is 7.09. The fourth-order valence-electron chi connectivity index (χ4n) is 5.11. The van der Waals surface area contributed by atoms with Crippen molar-refractivity contribution in [1.82, 2.24) is 4.98 Å². The molecule has 6 nitrogen and oxygen atoms in total. The van der Waals surface area contributed by atoms with Crippen molar-refractivity contribution in [3.63, 3.8) is 0 Å². The molecule has 1 amide bonds. The zero-order valence-electron chi connectivity index (χ0n) is 22.5. The topological polar surface area (TPSA) is 73.7 Å². The number of carbonyl (C=O) groups excluding carboxylic acids is 2. The first-order valence-electron chi connectivity index (χ1n) is 13.1. The molecule has 1 aliphatic rings. The minimum Gasteiger partial charge on any atom is -0.503 e. The van der Waals surface area contributed by atoms with Crippen LogP contribution in [0.4, 0.5) is 11.4 Å². The molecule has 0 radical (unpaired) electrons. The predicted molar refractivity (Wildman–Crippen MR) is 158 cm³/mol. The molecule has 3 aromatic carbocycles. The highest BCUT2D eigenvalue weighted by Crippen LogP contribution is 2.43. The van der Waals surface area contributed by atoms with Crippen LogP contribution in [-0.2, 0) is 4.79 Å². The smallest absolute Gasteiger partial charge is 0.294 e. The summed E-state index contributed by atoms with van der Waals surface area (Å²) < 4.78 is 0. The van der Waals surface area contributed by atoms with E-state index in [0.717, 1.165) is 40.5 Å². The maximum Gasteiger partial charge on any atom is 0.294 e. The number of ketones is 1. The first-order chi connectivity index (χ1) is 18.8. The number of rotatable bonds is 8.